The van der Waals surface area contributed by atoms with Crippen molar-refractivity contribution in [3.63, 3.8) is 0 Å². The van der Waals surface area contributed by atoms with Gasteiger partial charge in [-0.25, -0.2) is 0 Å². The maximum Gasteiger partial charge on any atom is 0.227 e. The van der Waals surface area contributed by atoms with E-state index in [0.717, 1.165) is 19.3 Å². The molecule has 0 heterocycles. The van der Waals surface area contributed by atoms with E-state index in [1.807, 2.05) is 6.07 Å². The van der Waals surface area contributed by atoms with E-state index >= 15 is 0 Å². The second kappa shape index (κ2) is 5.74. The van der Waals surface area contributed by atoms with E-state index < -0.39 is 0 Å². The summed E-state index contributed by atoms with van der Waals surface area (Å²) >= 11 is 0. The van der Waals surface area contributed by atoms with Crippen molar-refractivity contribution in [3.8, 4) is 0 Å². The molecule has 3 nitrogen and oxygen atoms in total. The molecule has 1 atom stereocenters. The van der Waals surface area contributed by atoms with Crippen molar-refractivity contribution in [3.05, 3.63) is 35.4 Å². The Kier molecular flexibility index (Phi) is 4.25. The van der Waals surface area contributed by atoms with E-state index in [-0.39, 0.29) is 17.2 Å². The number of fused-ring (bicyclic) bond motifs is 1. The minimum absolute atomic E-state index is 0.0125. The number of benzene rings is 1. The topological polar surface area (TPSA) is 55.1 Å². The van der Waals surface area contributed by atoms with Gasteiger partial charge in [-0.2, -0.15) is 0 Å². The molecule has 1 aromatic carbocycles. The Morgan fingerprint density at radius 1 is 1.42 bits per heavy atom. The summed E-state index contributed by atoms with van der Waals surface area (Å²) in [6.07, 6.45) is 3.13. The summed E-state index contributed by atoms with van der Waals surface area (Å²) in [4.78, 5) is 12.4. The predicted octanol–water partition coefficient (Wildman–Crippen LogP) is 2.21. The van der Waals surface area contributed by atoms with Gasteiger partial charge in [-0.1, -0.05) is 38.1 Å². The van der Waals surface area contributed by atoms with Crippen molar-refractivity contribution in [2.45, 2.75) is 39.0 Å². The van der Waals surface area contributed by atoms with Crippen LogP contribution in [0.25, 0.3) is 0 Å². The second-order valence-electron chi connectivity index (χ2n) is 6.23. The number of aryl methyl sites for hydroxylation is 1. The maximum atomic E-state index is 12.4. The van der Waals surface area contributed by atoms with Crippen LogP contribution in [0.3, 0.4) is 0 Å². The monoisotopic (exact) mass is 260 g/mol. The van der Waals surface area contributed by atoms with Gasteiger partial charge in [0.15, 0.2) is 0 Å². The quantitative estimate of drug-likeness (QED) is 0.872. The molecule has 0 aliphatic heterocycles. The Balaban J connectivity index is 2.05. The maximum absolute atomic E-state index is 12.4. The Morgan fingerprint density at radius 2 is 2.16 bits per heavy atom. The van der Waals surface area contributed by atoms with Crippen molar-refractivity contribution in [1.82, 2.24) is 5.32 Å². The molecule has 19 heavy (non-hydrogen) atoms. The summed E-state index contributed by atoms with van der Waals surface area (Å²) in [5, 5.41) is 3.07. The molecule has 0 bridgehead atoms. The Bertz CT molecular complexity index is 454. The Hall–Kier alpha value is -1.35. The number of carbonyl (C=O) groups is 1. The van der Waals surface area contributed by atoms with Crippen LogP contribution >= 0.6 is 0 Å². The standard InChI is InChI=1S/C16H24N2O/c1-16(2,10-17)11-18-15(19)14-9-5-7-12-6-3-4-8-13(12)14/h3-4,6,8,14H,5,7,9-11,17H2,1-2H3,(H,18,19). The fourth-order valence-corrected chi connectivity index (χ4v) is 2.55. The first-order valence-corrected chi connectivity index (χ1v) is 7.09. The van der Waals surface area contributed by atoms with Crippen LogP contribution in [0.4, 0.5) is 0 Å². The minimum Gasteiger partial charge on any atom is -0.355 e. The highest BCUT2D eigenvalue weighted by molar-refractivity contribution is 5.84. The van der Waals surface area contributed by atoms with Crippen LogP contribution in [0.15, 0.2) is 24.3 Å². The molecule has 3 heteroatoms. The molecule has 1 aliphatic rings. The first kappa shape index (κ1) is 14.1. The third-order valence-corrected chi connectivity index (χ3v) is 3.98. The van der Waals surface area contributed by atoms with Crippen molar-refractivity contribution in [2.75, 3.05) is 13.1 Å². The largest absolute Gasteiger partial charge is 0.355 e. The van der Waals surface area contributed by atoms with E-state index in [1.54, 1.807) is 0 Å². The molecule has 1 amide bonds. The lowest BCUT2D eigenvalue weighted by atomic mass is 9.82. The first-order chi connectivity index (χ1) is 9.03. The van der Waals surface area contributed by atoms with Crippen LogP contribution in [0, 0.1) is 5.41 Å². The lowest BCUT2D eigenvalue weighted by Crippen LogP contribution is -2.40. The van der Waals surface area contributed by atoms with Gasteiger partial charge in [0.1, 0.15) is 0 Å². The second-order valence-corrected chi connectivity index (χ2v) is 6.23. The highest BCUT2D eigenvalue weighted by Crippen LogP contribution is 2.31. The average Bonchev–Trinajstić information content (AvgIpc) is 2.44. The van der Waals surface area contributed by atoms with E-state index in [4.69, 9.17) is 5.73 Å². The molecule has 2 rings (SSSR count). The molecule has 1 aliphatic carbocycles. The van der Waals surface area contributed by atoms with Gasteiger partial charge in [0.2, 0.25) is 5.91 Å². The van der Waals surface area contributed by atoms with Gasteiger partial charge in [-0.05, 0) is 42.3 Å². The number of amides is 1. The Labute approximate surface area is 115 Å². The van der Waals surface area contributed by atoms with Crippen molar-refractivity contribution in [1.29, 1.82) is 0 Å². The average molecular weight is 260 g/mol. The zero-order valence-electron chi connectivity index (χ0n) is 11.9. The van der Waals surface area contributed by atoms with Gasteiger partial charge in [0.25, 0.3) is 0 Å². The van der Waals surface area contributed by atoms with E-state index in [1.165, 1.54) is 11.1 Å². The van der Waals surface area contributed by atoms with Crippen molar-refractivity contribution >= 4 is 5.91 Å². The van der Waals surface area contributed by atoms with Gasteiger partial charge in [0, 0.05) is 6.54 Å². The molecule has 0 fully saturated rings. The van der Waals surface area contributed by atoms with Gasteiger partial charge in [0.05, 0.1) is 5.92 Å². The molecule has 3 N–H and O–H groups in total. The lowest BCUT2D eigenvalue weighted by molar-refractivity contribution is -0.123. The SMILES string of the molecule is CC(C)(CN)CNC(=O)C1CCCc2ccccc21. The third kappa shape index (κ3) is 3.35. The normalized spacial score (nSPS) is 18.8. The van der Waals surface area contributed by atoms with Gasteiger partial charge >= 0.3 is 0 Å². The van der Waals surface area contributed by atoms with Gasteiger partial charge in [-0.3, -0.25) is 4.79 Å². The number of rotatable bonds is 4. The molecule has 0 aromatic heterocycles. The van der Waals surface area contributed by atoms with Crippen LogP contribution < -0.4 is 11.1 Å². The van der Waals surface area contributed by atoms with Crippen molar-refractivity contribution in [2.24, 2.45) is 11.1 Å². The fraction of sp³-hybridized carbons (Fsp3) is 0.562. The molecule has 0 spiro atoms. The van der Waals surface area contributed by atoms with Gasteiger partial charge < -0.3 is 11.1 Å². The third-order valence-electron chi connectivity index (χ3n) is 3.98. The Morgan fingerprint density at radius 3 is 2.89 bits per heavy atom. The number of carbonyl (C=O) groups excluding carboxylic acids is 1. The molecule has 104 valence electrons. The van der Waals surface area contributed by atoms with Crippen LogP contribution in [0.2, 0.25) is 0 Å². The lowest BCUT2D eigenvalue weighted by Gasteiger charge is -2.27. The van der Waals surface area contributed by atoms with E-state index in [9.17, 15) is 4.79 Å². The smallest absolute Gasteiger partial charge is 0.227 e. The summed E-state index contributed by atoms with van der Waals surface area (Å²) in [5.41, 5.74) is 8.19. The molecule has 1 unspecified atom stereocenters. The van der Waals surface area contributed by atoms with E-state index in [0.29, 0.717) is 13.1 Å². The highest BCUT2D eigenvalue weighted by Gasteiger charge is 2.27. The number of nitrogens with two attached hydrogens (primary N) is 1. The molecular formula is C16H24N2O. The van der Waals surface area contributed by atoms with Gasteiger partial charge in [-0.15, -0.1) is 0 Å². The fourth-order valence-electron chi connectivity index (χ4n) is 2.55. The molecule has 0 saturated heterocycles. The predicted molar refractivity (Wildman–Crippen MR) is 78.0 cm³/mol. The number of hydrogen-bond acceptors (Lipinski definition) is 2. The zero-order chi connectivity index (χ0) is 13.9. The van der Waals surface area contributed by atoms with Crippen LogP contribution in [-0.2, 0) is 11.2 Å². The van der Waals surface area contributed by atoms with Crippen LogP contribution in [0.5, 0.6) is 0 Å². The minimum atomic E-state index is -0.0379. The summed E-state index contributed by atoms with van der Waals surface area (Å²) in [6, 6.07) is 8.30. The first-order valence-electron chi connectivity index (χ1n) is 7.09. The van der Waals surface area contributed by atoms with Crippen molar-refractivity contribution < 1.29 is 4.79 Å². The van der Waals surface area contributed by atoms with Crippen LogP contribution in [0.1, 0.15) is 43.7 Å². The molecule has 1 aromatic rings. The molecular weight excluding hydrogens is 236 g/mol. The number of hydrogen-bond donors (Lipinski definition) is 2. The highest BCUT2D eigenvalue weighted by atomic mass is 16.1. The number of nitrogens with one attached hydrogen (secondary N) is 1. The molecule has 0 saturated carbocycles. The summed E-state index contributed by atoms with van der Waals surface area (Å²) in [7, 11) is 0. The van der Waals surface area contributed by atoms with E-state index in [2.05, 4.69) is 37.4 Å². The van der Waals surface area contributed by atoms with Crippen LogP contribution in [-0.4, -0.2) is 19.0 Å². The summed E-state index contributed by atoms with van der Waals surface area (Å²) < 4.78 is 0. The summed E-state index contributed by atoms with van der Waals surface area (Å²) in [6.45, 7) is 5.36. The zero-order valence-corrected chi connectivity index (χ0v) is 11.9. The summed E-state index contributed by atoms with van der Waals surface area (Å²) in [5.74, 6) is 0.159. The molecule has 0 radical (unpaired) electrons.